The van der Waals surface area contributed by atoms with E-state index in [4.69, 9.17) is 9.47 Å². The minimum Gasteiger partial charge on any atom is -0.458 e. The highest BCUT2D eigenvalue weighted by Crippen LogP contribution is 2.45. The Morgan fingerprint density at radius 3 is 2.63 bits per heavy atom. The molecule has 8 nitrogen and oxygen atoms in total. The van der Waals surface area contributed by atoms with E-state index in [9.17, 15) is 25.2 Å². The Morgan fingerprint density at radius 2 is 2.03 bits per heavy atom. The highest BCUT2D eigenvalue weighted by Gasteiger charge is 2.56. The van der Waals surface area contributed by atoms with Gasteiger partial charge in [-0.3, -0.25) is 4.79 Å². The number of aliphatic hydroxyl groups excluding tert-OH is 4. The van der Waals surface area contributed by atoms with Crippen molar-refractivity contribution in [1.82, 2.24) is 4.98 Å². The molecule has 1 aromatic rings. The number of aryl methyl sites for hydroxylation is 1. The highest BCUT2D eigenvalue weighted by atomic mass is 32.1. The van der Waals surface area contributed by atoms with Gasteiger partial charge >= 0.3 is 5.97 Å². The Morgan fingerprint density at radius 1 is 1.32 bits per heavy atom. The summed E-state index contributed by atoms with van der Waals surface area (Å²) in [6, 6.07) is 0. The van der Waals surface area contributed by atoms with Crippen molar-refractivity contribution in [1.29, 1.82) is 0 Å². The predicted molar refractivity (Wildman–Crippen MR) is 147 cm³/mol. The van der Waals surface area contributed by atoms with Crippen LogP contribution in [0.5, 0.6) is 0 Å². The summed E-state index contributed by atoms with van der Waals surface area (Å²) in [7, 11) is 0. The zero-order chi connectivity index (χ0) is 28.3. The fourth-order valence-corrected chi connectivity index (χ4v) is 6.38. The quantitative estimate of drug-likeness (QED) is 0.247. The van der Waals surface area contributed by atoms with E-state index in [-0.39, 0.29) is 31.5 Å². The van der Waals surface area contributed by atoms with Crippen LogP contribution in [0.4, 0.5) is 0 Å². The molecule has 0 saturated carbocycles. The fourth-order valence-electron chi connectivity index (χ4n) is 5.81. The minimum absolute atomic E-state index is 0.116. The maximum absolute atomic E-state index is 13.2. The Hall–Kier alpha value is -1.62. The average molecular weight is 552 g/mol. The maximum Gasteiger partial charge on any atom is 0.309 e. The van der Waals surface area contributed by atoms with Crippen molar-refractivity contribution >= 4 is 23.4 Å². The molecule has 2 aliphatic rings. The molecule has 2 saturated heterocycles. The molecule has 0 aliphatic carbocycles. The number of aromatic nitrogens is 1. The predicted octanol–water partition coefficient (Wildman–Crippen LogP) is 3.80. The standard InChI is InChI=1S/C29H45NO7S/c1-7-10-28(6)23(32)14-25(33)36-22(18(3)12-21-15-38-20(5)30-21)13-24-29(16-31,37-24)11-8-9-17(2)26(34)19(4)27(28)35/h7,12,15,17,19,22-24,26-27,31-32,34-35H,1,8-11,13-14,16H2,2-6H3/b18-12+/t17-,19+,22-,23-,24-,26-,27?,28+,29-/m0/s1. The van der Waals surface area contributed by atoms with Gasteiger partial charge in [0.2, 0.25) is 0 Å². The molecule has 0 radical (unpaired) electrons. The van der Waals surface area contributed by atoms with Gasteiger partial charge in [0.15, 0.2) is 0 Å². The van der Waals surface area contributed by atoms with Gasteiger partial charge in [0.25, 0.3) is 0 Å². The lowest BCUT2D eigenvalue weighted by Gasteiger charge is -2.42. The van der Waals surface area contributed by atoms with Crippen LogP contribution in [0.2, 0.25) is 0 Å². The van der Waals surface area contributed by atoms with Gasteiger partial charge in [0.1, 0.15) is 11.7 Å². The number of carbonyl (C=O) groups is 1. The maximum atomic E-state index is 13.2. The summed E-state index contributed by atoms with van der Waals surface area (Å²) in [6.07, 6.45) is 1.81. The first kappa shape index (κ1) is 30.9. The summed E-state index contributed by atoms with van der Waals surface area (Å²) in [5.41, 5.74) is -0.235. The van der Waals surface area contributed by atoms with E-state index in [1.54, 1.807) is 19.9 Å². The summed E-state index contributed by atoms with van der Waals surface area (Å²) < 4.78 is 11.9. The monoisotopic (exact) mass is 551 g/mol. The number of thiazole rings is 1. The van der Waals surface area contributed by atoms with Crippen LogP contribution in [-0.2, 0) is 14.3 Å². The second-order valence-corrected chi connectivity index (χ2v) is 12.7. The third kappa shape index (κ3) is 6.92. The summed E-state index contributed by atoms with van der Waals surface area (Å²) in [5.74, 6) is -1.27. The number of carbonyl (C=O) groups excluding carboxylic acids is 1. The van der Waals surface area contributed by atoms with E-state index in [0.717, 1.165) is 22.7 Å². The number of fused-ring (bicyclic) bond motifs is 1. The number of rotatable bonds is 5. The first-order valence-electron chi connectivity index (χ1n) is 13.6. The molecule has 9 heteroatoms. The number of allylic oxidation sites excluding steroid dienone is 1. The summed E-state index contributed by atoms with van der Waals surface area (Å²) in [4.78, 5) is 17.6. The molecule has 1 unspecified atom stereocenters. The molecule has 0 amide bonds. The van der Waals surface area contributed by atoms with E-state index in [1.165, 1.54) is 11.3 Å². The zero-order valence-corrected chi connectivity index (χ0v) is 24.1. The van der Waals surface area contributed by atoms with Crippen LogP contribution in [0.25, 0.3) is 6.08 Å². The molecule has 2 aliphatic heterocycles. The van der Waals surface area contributed by atoms with Crippen LogP contribution in [0, 0.1) is 24.2 Å². The van der Waals surface area contributed by atoms with Crippen molar-refractivity contribution in [3.63, 3.8) is 0 Å². The molecule has 3 rings (SSSR count). The second kappa shape index (κ2) is 12.7. The van der Waals surface area contributed by atoms with Gasteiger partial charge in [-0.1, -0.05) is 33.3 Å². The van der Waals surface area contributed by atoms with Gasteiger partial charge in [0.05, 0.1) is 48.1 Å². The fraction of sp³-hybridized carbons (Fsp3) is 0.724. The normalized spacial score (nSPS) is 39.8. The number of hydrogen-bond acceptors (Lipinski definition) is 9. The van der Waals surface area contributed by atoms with Crippen LogP contribution in [-0.4, -0.2) is 74.1 Å². The molecule has 0 bridgehead atoms. The average Bonchev–Trinajstić information content (AvgIpc) is 3.40. The van der Waals surface area contributed by atoms with Gasteiger partial charge < -0.3 is 29.9 Å². The van der Waals surface area contributed by atoms with E-state index < -0.39 is 47.3 Å². The Kier molecular flexibility index (Phi) is 10.3. The Labute approximate surface area is 230 Å². The molecular formula is C29H45NO7S. The van der Waals surface area contributed by atoms with Crippen molar-refractivity contribution in [2.75, 3.05) is 6.61 Å². The van der Waals surface area contributed by atoms with Crippen LogP contribution < -0.4 is 0 Å². The second-order valence-electron chi connectivity index (χ2n) is 11.6. The summed E-state index contributed by atoms with van der Waals surface area (Å²) >= 11 is 1.53. The number of aliphatic hydroxyl groups is 4. The molecule has 1 aromatic heterocycles. The van der Waals surface area contributed by atoms with Crippen LogP contribution in [0.1, 0.15) is 76.9 Å². The number of ether oxygens (including phenoxy) is 2. The molecule has 214 valence electrons. The lowest BCUT2D eigenvalue weighted by Crippen LogP contribution is -2.50. The largest absolute Gasteiger partial charge is 0.458 e. The lowest BCUT2D eigenvalue weighted by molar-refractivity contribution is -0.157. The third-order valence-corrected chi connectivity index (χ3v) is 9.45. The molecule has 0 aromatic carbocycles. The molecule has 4 N–H and O–H groups in total. The van der Waals surface area contributed by atoms with Crippen LogP contribution in [0.15, 0.2) is 23.6 Å². The lowest BCUT2D eigenvalue weighted by atomic mass is 9.68. The number of cyclic esters (lactones) is 1. The Balaban J connectivity index is 1.92. The van der Waals surface area contributed by atoms with E-state index in [1.807, 2.05) is 32.2 Å². The molecular weight excluding hydrogens is 506 g/mol. The van der Waals surface area contributed by atoms with Gasteiger partial charge in [-0.2, -0.15) is 0 Å². The topological polar surface area (TPSA) is 133 Å². The molecule has 38 heavy (non-hydrogen) atoms. The molecule has 9 atom stereocenters. The number of hydrogen-bond donors (Lipinski definition) is 4. The van der Waals surface area contributed by atoms with Crippen molar-refractivity contribution in [2.45, 2.75) is 109 Å². The number of nitrogens with zero attached hydrogens (tertiary/aromatic N) is 1. The smallest absolute Gasteiger partial charge is 0.309 e. The first-order valence-corrected chi connectivity index (χ1v) is 14.5. The zero-order valence-electron chi connectivity index (χ0n) is 23.3. The van der Waals surface area contributed by atoms with Crippen molar-refractivity contribution in [3.05, 3.63) is 34.3 Å². The van der Waals surface area contributed by atoms with E-state index in [2.05, 4.69) is 11.6 Å². The Bertz CT molecular complexity index is 995. The minimum atomic E-state index is -1.22. The van der Waals surface area contributed by atoms with Gasteiger partial charge in [-0.05, 0) is 50.7 Å². The van der Waals surface area contributed by atoms with Gasteiger partial charge in [-0.15, -0.1) is 17.9 Å². The van der Waals surface area contributed by atoms with Gasteiger partial charge in [-0.25, -0.2) is 4.98 Å². The third-order valence-electron chi connectivity index (χ3n) is 8.66. The van der Waals surface area contributed by atoms with Crippen LogP contribution >= 0.6 is 11.3 Å². The summed E-state index contributed by atoms with van der Waals surface area (Å²) in [5, 5.41) is 46.6. The SMILES string of the molecule is C=CC[C@@]1(C)C(O)[C@H](C)[C@@H](O)[C@@H](C)CCC[C@@]2(CO)O[C@H]2C[C@@H](/C(C)=C/c2csc(C)n2)OC(=O)C[C@@H]1O. The molecule has 0 spiro atoms. The van der Waals surface area contributed by atoms with Crippen molar-refractivity contribution in [3.8, 4) is 0 Å². The van der Waals surface area contributed by atoms with E-state index >= 15 is 0 Å². The highest BCUT2D eigenvalue weighted by molar-refractivity contribution is 7.09. The number of epoxide rings is 1. The van der Waals surface area contributed by atoms with E-state index in [0.29, 0.717) is 19.3 Å². The number of esters is 1. The first-order chi connectivity index (χ1) is 17.9. The molecule has 2 fully saturated rings. The molecule has 3 heterocycles. The van der Waals surface area contributed by atoms with Gasteiger partial charge in [0, 0.05) is 23.1 Å². The van der Waals surface area contributed by atoms with Crippen molar-refractivity contribution in [2.24, 2.45) is 17.3 Å². The van der Waals surface area contributed by atoms with Crippen LogP contribution in [0.3, 0.4) is 0 Å². The summed E-state index contributed by atoms with van der Waals surface area (Å²) in [6.45, 7) is 12.9. The van der Waals surface area contributed by atoms with Crippen molar-refractivity contribution < 1.29 is 34.7 Å².